The molecule has 164 valence electrons. The van der Waals surface area contributed by atoms with Crippen LogP contribution >= 0.6 is 0 Å². The molecule has 29 heavy (non-hydrogen) atoms. The zero-order chi connectivity index (χ0) is 19.7. The molecule has 5 fully saturated rings. The summed E-state index contributed by atoms with van der Waals surface area (Å²) in [7, 11) is 1.93. The highest BCUT2D eigenvalue weighted by molar-refractivity contribution is 5.80. The van der Waals surface area contributed by atoms with Gasteiger partial charge in [-0.05, 0) is 32.1 Å². The SMILES string of the molecule is CN=C(NCC1(N2CCOCC2)CCCCC1)NC1C2CCOC2C12CCCC2. The van der Waals surface area contributed by atoms with Gasteiger partial charge >= 0.3 is 0 Å². The molecule has 0 bridgehead atoms. The highest BCUT2D eigenvalue weighted by Crippen LogP contribution is 2.60. The summed E-state index contributed by atoms with van der Waals surface area (Å²) in [4.78, 5) is 7.36. The molecule has 2 saturated heterocycles. The fourth-order valence-corrected chi connectivity index (χ4v) is 7.35. The van der Waals surface area contributed by atoms with Gasteiger partial charge < -0.3 is 20.1 Å². The van der Waals surface area contributed by atoms with Gasteiger partial charge in [0.15, 0.2) is 5.96 Å². The molecule has 3 atom stereocenters. The summed E-state index contributed by atoms with van der Waals surface area (Å²) in [5.41, 5.74) is 0.634. The minimum absolute atomic E-state index is 0.267. The van der Waals surface area contributed by atoms with E-state index in [2.05, 4.69) is 20.5 Å². The highest BCUT2D eigenvalue weighted by Gasteiger charge is 2.65. The van der Waals surface area contributed by atoms with Crippen molar-refractivity contribution in [1.82, 2.24) is 15.5 Å². The number of guanidine groups is 1. The van der Waals surface area contributed by atoms with Crippen LogP contribution in [0.1, 0.15) is 64.2 Å². The fourth-order valence-electron chi connectivity index (χ4n) is 7.35. The number of hydrogen-bond donors (Lipinski definition) is 2. The molecule has 1 spiro atoms. The Kier molecular flexibility index (Phi) is 5.78. The van der Waals surface area contributed by atoms with Gasteiger partial charge in [0.25, 0.3) is 0 Å². The molecular formula is C23H40N4O2. The molecule has 2 N–H and O–H groups in total. The van der Waals surface area contributed by atoms with Crippen LogP contribution in [0.3, 0.4) is 0 Å². The second-order valence-corrected chi connectivity index (χ2v) is 10.1. The molecule has 0 radical (unpaired) electrons. The van der Waals surface area contributed by atoms with E-state index >= 15 is 0 Å². The molecule has 6 nitrogen and oxygen atoms in total. The van der Waals surface area contributed by atoms with Crippen LogP contribution in [0.25, 0.3) is 0 Å². The standard InChI is InChI=1S/C23H40N4O2/c1-24-21(26-19-18-7-14-29-20(18)23(19)10-5-6-11-23)25-17-22(8-3-2-4-9-22)27-12-15-28-16-13-27/h18-20H,2-17H2,1H3,(H2,24,25,26). The molecular weight excluding hydrogens is 364 g/mol. The Morgan fingerprint density at radius 1 is 1.00 bits per heavy atom. The lowest BCUT2D eigenvalue weighted by Gasteiger charge is -2.57. The third-order valence-electron chi connectivity index (χ3n) is 8.85. The van der Waals surface area contributed by atoms with E-state index in [-0.39, 0.29) is 5.54 Å². The lowest BCUT2D eigenvalue weighted by Crippen LogP contribution is -2.70. The van der Waals surface area contributed by atoms with Crippen LogP contribution in [0.4, 0.5) is 0 Å². The van der Waals surface area contributed by atoms with E-state index in [9.17, 15) is 0 Å². The van der Waals surface area contributed by atoms with E-state index in [1.165, 1.54) is 64.2 Å². The average Bonchev–Trinajstić information content (AvgIpc) is 3.44. The van der Waals surface area contributed by atoms with Crippen LogP contribution < -0.4 is 10.6 Å². The molecule has 0 amide bonds. The van der Waals surface area contributed by atoms with Crippen molar-refractivity contribution in [2.75, 3.05) is 46.5 Å². The van der Waals surface area contributed by atoms with E-state index in [1.54, 1.807) is 0 Å². The van der Waals surface area contributed by atoms with Crippen molar-refractivity contribution in [1.29, 1.82) is 0 Å². The number of hydrogen-bond acceptors (Lipinski definition) is 4. The summed E-state index contributed by atoms with van der Waals surface area (Å²) in [5.74, 6) is 1.68. The summed E-state index contributed by atoms with van der Waals surface area (Å²) in [6.07, 6.45) is 13.7. The molecule has 0 aromatic heterocycles. The first-order valence-electron chi connectivity index (χ1n) is 12.2. The molecule has 2 aliphatic heterocycles. The van der Waals surface area contributed by atoms with Gasteiger partial charge in [-0.1, -0.05) is 32.1 Å². The van der Waals surface area contributed by atoms with Crippen molar-refractivity contribution in [2.45, 2.75) is 81.9 Å². The molecule has 6 heteroatoms. The molecule has 0 aromatic rings. The molecule has 2 heterocycles. The molecule has 0 aromatic carbocycles. The van der Waals surface area contributed by atoms with Crippen molar-refractivity contribution in [3.8, 4) is 0 Å². The monoisotopic (exact) mass is 404 g/mol. The van der Waals surface area contributed by atoms with E-state index < -0.39 is 0 Å². The normalized spacial score (nSPS) is 36.6. The van der Waals surface area contributed by atoms with Crippen molar-refractivity contribution in [3.63, 3.8) is 0 Å². The Bertz CT molecular complexity index is 592. The van der Waals surface area contributed by atoms with Crippen LogP contribution in [-0.4, -0.2) is 75.0 Å². The highest BCUT2D eigenvalue weighted by atomic mass is 16.5. The zero-order valence-electron chi connectivity index (χ0n) is 18.3. The first-order valence-corrected chi connectivity index (χ1v) is 12.2. The Labute approximate surface area is 176 Å². The Hall–Kier alpha value is -0.850. The summed E-state index contributed by atoms with van der Waals surface area (Å²) in [5, 5.41) is 7.66. The first-order chi connectivity index (χ1) is 14.3. The third-order valence-corrected chi connectivity index (χ3v) is 8.85. The van der Waals surface area contributed by atoms with Gasteiger partial charge in [0, 0.05) is 56.2 Å². The van der Waals surface area contributed by atoms with Crippen LogP contribution in [-0.2, 0) is 9.47 Å². The number of morpholine rings is 1. The van der Waals surface area contributed by atoms with Gasteiger partial charge in [-0.25, -0.2) is 0 Å². The quantitative estimate of drug-likeness (QED) is 0.557. The van der Waals surface area contributed by atoms with Gasteiger partial charge in [-0.2, -0.15) is 0 Å². The van der Waals surface area contributed by atoms with Crippen LogP contribution in [0.2, 0.25) is 0 Å². The maximum absolute atomic E-state index is 6.17. The van der Waals surface area contributed by atoms with Gasteiger partial charge in [-0.15, -0.1) is 0 Å². The molecule has 3 aliphatic carbocycles. The molecule has 3 saturated carbocycles. The number of aliphatic imine (C=N–C) groups is 1. The maximum Gasteiger partial charge on any atom is 0.191 e. The lowest BCUT2D eigenvalue weighted by atomic mass is 9.54. The van der Waals surface area contributed by atoms with Crippen molar-refractivity contribution in [3.05, 3.63) is 0 Å². The summed E-state index contributed by atoms with van der Waals surface area (Å²) >= 11 is 0. The number of nitrogens with zero attached hydrogens (tertiary/aromatic N) is 2. The Balaban J connectivity index is 1.25. The Morgan fingerprint density at radius 2 is 1.72 bits per heavy atom. The fraction of sp³-hybridized carbons (Fsp3) is 0.957. The van der Waals surface area contributed by atoms with Gasteiger partial charge in [0.2, 0.25) is 0 Å². The maximum atomic E-state index is 6.17. The predicted molar refractivity (Wildman–Crippen MR) is 115 cm³/mol. The third kappa shape index (κ3) is 3.49. The van der Waals surface area contributed by atoms with Crippen molar-refractivity contribution >= 4 is 5.96 Å². The van der Waals surface area contributed by atoms with E-state index in [4.69, 9.17) is 9.47 Å². The van der Waals surface area contributed by atoms with Gasteiger partial charge in [0.05, 0.1) is 19.3 Å². The van der Waals surface area contributed by atoms with E-state index in [0.717, 1.165) is 45.4 Å². The first kappa shape index (κ1) is 20.1. The van der Waals surface area contributed by atoms with Gasteiger partial charge in [-0.3, -0.25) is 9.89 Å². The number of ether oxygens (including phenoxy) is 2. The average molecular weight is 405 g/mol. The zero-order valence-corrected chi connectivity index (χ0v) is 18.3. The largest absolute Gasteiger partial charge is 0.379 e. The summed E-state index contributed by atoms with van der Waals surface area (Å²) in [6.45, 7) is 5.84. The van der Waals surface area contributed by atoms with E-state index in [1.807, 2.05) is 7.05 Å². The van der Waals surface area contributed by atoms with E-state index in [0.29, 0.717) is 23.5 Å². The van der Waals surface area contributed by atoms with Crippen LogP contribution in [0.5, 0.6) is 0 Å². The number of nitrogens with one attached hydrogen (secondary N) is 2. The molecule has 5 aliphatic rings. The topological polar surface area (TPSA) is 58.1 Å². The lowest BCUT2D eigenvalue weighted by molar-refractivity contribution is -0.125. The van der Waals surface area contributed by atoms with Crippen molar-refractivity contribution in [2.24, 2.45) is 16.3 Å². The van der Waals surface area contributed by atoms with Gasteiger partial charge in [0.1, 0.15) is 0 Å². The minimum atomic E-state index is 0.267. The van der Waals surface area contributed by atoms with Crippen molar-refractivity contribution < 1.29 is 9.47 Å². The summed E-state index contributed by atoms with van der Waals surface area (Å²) < 4.78 is 11.8. The minimum Gasteiger partial charge on any atom is -0.379 e. The predicted octanol–water partition coefficient (Wildman–Crippen LogP) is 2.53. The second-order valence-electron chi connectivity index (χ2n) is 10.1. The molecule has 3 unspecified atom stereocenters. The molecule has 5 rings (SSSR count). The number of fused-ring (bicyclic) bond motifs is 2. The summed E-state index contributed by atoms with van der Waals surface area (Å²) in [6, 6.07) is 0.536. The number of rotatable bonds is 4. The second kappa shape index (κ2) is 8.35. The Morgan fingerprint density at radius 3 is 2.45 bits per heavy atom. The smallest absolute Gasteiger partial charge is 0.191 e. The van der Waals surface area contributed by atoms with Crippen LogP contribution in [0.15, 0.2) is 4.99 Å². The van der Waals surface area contributed by atoms with Crippen LogP contribution in [0, 0.1) is 11.3 Å².